The molecule has 1 saturated heterocycles. The Hall–Kier alpha value is -0.0800. The van der Waals surface area contributed by atoms with Crippen LogP contribution in [0.5, 0.6) is 0 Å². The Morgan fingerprint density at radius 1 is 1.00 bits per heavy atom. The fourth-order valence-electron chi connectivity index (χ4n) is 2.65. The number of nitrogens with zero attached hydrogens (tertiary/aromatic N) is 1. The summed E-state index contributed by atoms with van der Waals surface area (Å²) in [5.74, 6) is 0.985. The van der Waals surface area contributed by atoms with Gasteiger partial charge < -0.3 is 5.32 Å². The zero-order valence-electron chi connectivity index (χ0n) is 8.76. The van der Waals surface area contributed by atoms with Crippen molar-refractivity contribution in [2.45, 2.75) is 38.6 Å². The lowest BCUT2D eigenvalue weighted by atomic mass is 9.86. The van der Waals surface area contributed by atoms with Crippen molar-refractivity contribution in [2.75, 3.05) is 26.2 Å². The van der Waals surface area contributed by atoms with E-state index in [4.69, 9.17) is 0 Å². The van der Waals surface area contributed by atoms with Crippen LogP contribution < -0.4 is 5.32 Å². The molecule has 76 valence electrons. The normalized spacial score (nSPS) is 37.6. The SMILES string of the molecule is C[C@H]1CC[C@H](N2CCNCC2)CC1. The highest BCUT2D eigenvalue weighted by Gasteiger charge is 2.24. The minimum Gasteiger partial charge on any atom is -0.314 e. The lowest BCUT2D eigenvalue weighted by Crippen LogP contribution is -2.49. The van der Waals surface area contributed by atoms with Crippen molar-refractivity contribution in [1.29, 1.82) is 0 Å². The van der Waals surface area contributed by atoms with Crippen LogP contribution in [0, 0.1) is 5.92 Å². The molecule has 1 N–H and O–H groups in total. The Balaban J connectivity index is 1.79. The number of piperazine rings is 1. The van der Waals surface area contributed by atoms with Gasteiger partial charge in [0, 0.05) is 32.2 Å². The molecule has 0 aromatic rings. The maximum absolute atomic E-state index is 3.42. The molecule has 1 saturated carbocycles. The standard InChI is InChI=1S/C11H22N2/c1-10-2-4-11(5-3-10)13-8-6-12-7-9-13/h10-12H,2-9H2,1H3/t10-,11-. The van der Waals surface area contributed by atoms with Crippen molar-refractivity contribution in [3.05, 3.63) is 0 Å². The third kappa shape index (κ3) is 2.44. The summed E-state index contributed by atoms with van der Waals surface area (Å²) in [6.45, 7) is 7.35. The van der Waals surface area contributed by atoms with E-state index in [1.807, 2.05) is 0 Å². The molecule has 2 rings (SSSR count). The van der Waals surface area contributed by atoms with Crippen LogP contribution >= 0.6 is 0 Å². The molecule has 0 radical (unpaired) electrons. The summed E-state index contributed by atoms with van der Waals surface area (Å²) in [4.78, 5) is 2.70. The minimum atomic E-state index is 0.915. The average molecular weight is 182 g/mol. The molecule has 0 aromatic heterocycles. The first-order chi connectivity index (χ1) is 6.36. The smallest absolute Gasteiger partial charge is 0.0110 e. The van der Waals surface area contributed by atoms with Gasteiger partial charge in [-0.3, -0.25) is 4.90 Å². The summed E-state index contributed by atoms with van der Waals surface area (Å²) in [6, 6.07) is 0.915. The molecule has 0 atom stereocenters. The Morgan fingerprint density at radius 3 is 2.23 bits per heavy atom. The first kappa shape index (κ1) is 9.47. The largest absolute Gasteiger partial charge is 0.314 e. The molecule has 1 aliphatic heterocycles. The summed E-state index contributed by atoms with van der Waals surface area (Å²) < 4.78 is 0. The summed E-state index contributed by atoms with van der Waals surface area (Å²) in [5.41, 5.74) is 0. The number of hydrogen-bond donors (Lipinski definition) is 1. The molecule has 13 heavy (non-hydrogen) atoms. The van der Waals surface area contributed by atoms with E-state index in [2.05, 4.69) is 17.1 Å². The van der Waals surface area contributed by atoms with Crippen LogP contribution in [0.2, 0.25) is 0 Å². The Kier molecular flexibility index (Phi) is 3.23. The van der Waals surface area contributed by atoms with Crippen LogP contribution in [0.4, 0.5) is 0 Å². The molecule has 0 bridgehead atoms. The van der Waals surface area contributed by atoms with Crippen molar-refractivity contribution in [2.24, 2.45) is 5.92 Å². The summed E-state index contributed by atoms with van der Waals surface area (Å²) in [6.07, 6.45) is 5.80. The molecule has 0 aromatic carbocycles. The Labute approximate surface area is 81.7 Å². The topological polar surface area (TPSA) is 15.3 Å². The molecule has 0 unspecified atom stereocenters. The number of rotatable bonds is 1. The third-order valence-electron chi connectivity index (χ3n) is 3.65. The van der Waals surface area contributed by atoms with E-state index >= 15 is 0 Å². The maximum atomic E-state index is 3.42. The van der Waals surface area contributed by atoms with E-state index in [0.29, 0.717) is 0 Å². The lowest BCUT2D eigenvalue weighted by Gasteiger charge is -2.38. The highest BCUT2D eigenvalue weighted by Crippen LogP contribution is 2.26. The van der Waals surface area contributed by atoms with Crippen molar-refractivity contribution >= 4 is 0 Å². The van der Waals surface area contributed by atoms with Crippen LogP contribution in [0.15, 0.2) is 0 Å². The fraction of sp³-hybridized carbons (Fsp3) is 1.00. The van der Waals surface area contributed by atoms with Gasteiger partial charge in [-0.1, -0.05) is 6.92 Å². The van der Waals surface area contributed by atoms with Gasteiger partial charge in [-0.15, -0.1) is 0 Å². The maximum Gasteiger partial charge on any atom is 0.0110 e. The van der Waals surface area contributed by atoms with Gasteiger partial charge in [-0.2, -0.15) is 0 Å². The van der Waals surface area contributed by atoms with E-state index < -0.39 is 0 Å². The molecular weight excluding hydrogens is 160 g/mol. The fourth-order valence-corrected chi connectivity index (χ4v) is 2.65. The van der Waals surface area contributed by atoms with Gasteiger partial charge in [0.2, 0.25) is 0 Å². The number of hydrogen-bond acceptors (Lipinski definition) is 2. The predicted molar refractivity (Wildman–Crippen MR) is 55.9 cm³/mol. The van der Waals surface area contributed by atoms with Gasteiger partial charge in [0.15, 0.2) is 0 Å². The van der Waals surface area contributed by atoms with Crippen LogP contribution in [-0.4, -0.2) is 37.1 Å². The molecule has 1 heterocycles. The average Bonchev–Trinajstić information content (AvgIpc) is 2.20. The van der Waals surface area contributed by atoms with E-state index in [-0.39, 0.29) is 0 Å². The molecule has 0 amide bonds. The molecule has 0 spiro atoms. The van der Waals surface area contributed by atoms with Crippen LogP contribution in [0.25, 0.3) is 0 Å². The zero-order valence-corrected chi connectivity index (χ0v) is 8.76. The second-order valence-corrected chi connectivity index (χ2v) is 4.70. The quantitative estimate of drug-likeness (QED) is 0.660. The van der Waals surface area contributed by atoms with Crippen LogP contribution in [-0.2, 0) is 0 Å². The van der Waals surface area contributed by atoms with Crippen molar-refractivity contribution < 1.29 is 0 Å². The summed E-state index contributed by atoms with van der Waals surface area (Å²) in [5, 5.41) is 3.42. The minimum absolute atomic E-state index is 0.915. The van der Waals surface area contributed by atoms with E-state index in [0.717, 1.165) is 12.0 Å². The first-order valence-corrected chi connectivity index (χ1v) is 5.81. The monoisotopic (exact) mass is 182 g/mol. The second-order valence-electron chi connectivity index (χ2n) is 4.70. The van der Waals surface area contributed by atoms with Gasteiger partial charge in [0.25, 0.3) is 0 Å². The highest BCUT2D eigenvalue weighted by molar-refractivity contribution is 4.80. The van der Waals surface area contributed by atoms with E-state index in [9.17, 15) is 0 Å². The van der Waals surface area contributed by atoms with Crippen molar-refractivity contribution in [3.8, 4) is 0 Å². The molecule has 2 fully saturated rings. The van der Waals surface area contributed by atoms with E-state index in [1.54, 1.807) is 0 Å². The Bertz CT molecular complexity index is 144. The summed E-state index contributed by atoms with van der Waals surface area (Å²) >= 11 is 0. The molecule has 2 heteroatoms. The Morgan fingerprint density at radius 2 is 1.62 bits per heavy atom. The van der Waals surface area contributed by atoms with Crippen molar-refractivity contribution in [1.82, 2.24) is 10.2 Å². The predicted octanol–water partition coefficient (Wildman–Crippen LogP) is 1.47. The third-order valence-corrected chi connectivity index (χ3v) is 3.65. The van der Waals surface area contributed by atoms with Gasteiger partial charge in [-0.25, -0.2) is 0 Å². The van der Waals surface area contributed by atoms with Gasteiger partial charge >= 0.3 is 0 Å². The molecule has 2 aliphatic rings. The van der Waals surface area contributed by atoms with E-state index in [1.165, 1.54) is 51.9 Å². The molecule has 2 nitrogen and oxygen atoms in total. The van der Waals surface area contributed by atoms with Crippen LogP contribution in [0.3, 0.4) is 0 Å². The number of nitrogens with one attached hydrogen (secondary N) is 1. The second kappa shape index (κ2) is 4.43. The van der Waals surface area contributed by atoms with Gasteiger partial charge in [0.1, 0.15) is 0 Å². The van der Waals surface area contributed by atoms with Crippen molar-refractivity contribution in [3.63, 3.8) is 0 Å². The zero-order chi connectivity index (χ0) is 9.10. The first-order valence-electron chi connectivity index (χ1n) is 5.81. The molecular formula is C11H22N2. The highest BCUT2D eigenvalue weighted by atomic mass is 15.2. The van der Waals surface area contributed by atoms with Gasteiger partial charge in [0.05, 0.1) is 0 Å². The molecule has 1 aliphatic carbocycles. The van der Waals surface area contributed by atoms with Crippen LogP contribution in [0.1, 0.15) is 32.6 Å². The van der Waals surface area contributed by atoms with Gasteiger partial charge in [-0.05, 0) is 31.6 Å². The summed E-state index contributed by atoms with van der Waals surface area (Å²) in [7, 11) is 0. The lowest BCUT2D eigenvalue weighted by molar-refractivity contribution is 0.125.